The molecule has 20 heavy (non-hydrogen) atoms. The van der Waals surface area contributed by atoms with E-state index in [1.54, 1.807) is 6.92 Å². The highest BCUT2D eigenvalue weighted by atomic mass is 35.5. The van der Waals surface area contributed by atoms with Gasteiger partial charge in [0.05, 0.1) is 10.9 Å². The minimum Gasteiger partial charge on any atom is -0.481 e. The number of carbonyl (C=O) groups excluding carboxylic acids is 1. The lowest BCUT2D eigenvalue weighted by molar-refractivity contribution is -0.142. The zero-order chi connectivity index (χ0) is 14.9. The average molecular weight is 301 g/mol. The van der Waals surface area contributed by atoms with Crippen molar-refractivity contribution < 1.29 is 19.1 Å². The summed E-state index contributed by atoms with van der Waals surface area (Å²) in [5, 5.41) is 11.5. The van der Waals surface area contributed by atoms with E-state index in [0.717, 1.165) is 6.07 Å². The molecule has 1 aromatic rings. The first-order chi connectivity index (χ1) is 9.38. The zero-order valence-corrected chi connectivity index (χ0v) is 11.5. The zero-order valence-electron chi connectivity index (χ0n) is 10.8. The smallest absolute Gasteiger partial charge is 0.321 e. The second-order valence-electron chi connectivity index (χ2n) is 4.89. The van der Waals surface area contributed by atoms with Gasteiger partial charge in [-0.05, 0) is 24.1 Å². The molecule has 2 rings (SSSR count). The Morgan fingerprint density at radius 1 is 1.45 bits per heavy atom. The molecular weight excluding hydrogens is 287 g/mol. The first kappa shape index (κ1) is 14.6. The van der Waals surface area contributed by atoms with Crippen molar-refractivity contribution in [2.75, 3.05) is 18.4 Å². The Bertz CT molecular complexity index is 552. The van der Waals surface area contributed by atoms with E-state index in [0.29, 0.717) is 6.54 Å². The van der Waals surface area contributed by atoms with Crippen molar-refractivity contribution in [2.24, 2.45) is 11.8 Å². The van der Waals surface area contributed by atoms with Gasteiger partial charge < -0.3 is 15.3 Å². The summed E-state index contributed by atoms with van der Waals surface area (Å²) >= 11 is 5.55. The second kappa shape index (κ2) is 5.66. The van der Waals surface area contributed by atoms with Crippen LogP contribution in [0.3, 0.4) is 0 Å². The molecule has 2 amide bonds. The number of urea groups is 1. The van der Waals surface area contributed by atoms with E-state index in [1.165, 1.54) is 17.0 Å². The number of carboxylic acids is 1. The van der Waals surface area contributed by atoms with E-state index in [1.807, 2.05) is 0 Å². The molecule has 2 atom stereocenters. The maximum absolute atomic E-state index is 13.3. The Kier molecular flexibility index (Phi) is 4.13. The van der Waals surface area contributed by atoms with E-state index in [4.69, 9.17) is 16.7 Å². The Morgan fingerprint density at radius 2 is 2.15 bits per heavy atom. The molecule has 0 saturated carbocycles. The predicted molar refractivity (Wildman–Crippen MR) is 72.3 cm³/mol. The van der Waals surface area contributed by atoms with Crippen molar-refractivity contribution >= 4 is 29.3 Å². The van der Waals surface area contributed by atoms with Crippen LogP contribution >= 0.6 is 11.6 Å². The maximum Gasteiger partial charge on any atom is 0.321 e. The monoisotopic (exact) mass is 300 g/mol. The van der Waals surface area contributed by atoms with Gasteiger partial charge in [0.2, 0.25) is 0 Å². The summed E-state index contributed by atoms with van der Waals surface area (Å²) in [5.41, 5.74) is 0.281. The molecule has 2 unspecified atom stereocenters. The standard InChI is InChI=1S/C13H14ClFN2O3/c1-7-5-17(6-9(7)12(18)19)13(20)16-8-2-3-10(14)11(15)4-8/h2-4,7,9H,5-6H2,1H3,(H,16,20)(H,18,19). The van der Waals surface area contributed by atoms with Crippen LogP contribution in [0.15, 0.2) is 18.2 Å². The molecule has 0 aromatic heterocycles. The van der Waals surface area contributed by atoms with Gasteiger partial charge in [0.15, 0.2) is 0 Å². The molecule has 1 fully saturated rings. The molecule has 0 radical (unpaired) electrons. The van der Waals surface area contributed by atoms with Crippen molar-refractivity contribution in [3.05, 3.63) is 29.0 Å². The minimum atomic E-state index is -0.912. The van der Waals surface area contributed by atoms with Crippen molar-refractivity contribution in [1.82, 2.24) is 4.90 Å². The third kappa shape index (κ3) is 3.01. The average Bonchev–Trinajstić information content (AvgIpc) is 2.76. The van der Waals surface area contributed by atoms with Gasteiger partial charge in [0.25, 0.3) is 0 Å². The van der Waals surface area contributed by atoms with Gasteiger partial charge in [0, 0.05) is 18.8 Å². The van der Waals surface area contributed by atoms with Crippen molar-refractivity contribution in [2.45, 2.75) is 6.92 Å². The SMILES string of the molecule is CC1CN(C(=O)Nc2ccc(Cl)c(F)c2)CC1C(=O)O. The second-order valence-corrected chi connectivity index (χ2v) is 5.29. The van der Waals surface area contributed by atoms with Crippen LogP contribution in [0, 0.1) is 17.7 Å². The van der Waals surface area contributed by atoms with Gasteiger partial charge >= 0.3 is 12.0 Å². The van der Waals surface area contributed by atoms with Gasteiger partial charge in [-0.25, -0.2) is 9.18 Å². The van der Waals surface area contributed by atoms with Gasteiger partial charge in [-0.2, -0.15) is 0 Å². The van der Waals surface area contributed by atoms with Crippen molar-refractivity contribution in [3.8, 4) is 0 Å². The quantitative estimate of drug-likeness (QED) is 0.882. The Labute approximate surface area is 120 Å². The number of rotatable bonds is 2. The normalized spacial score (nSPS) is 21.9. The molecule has 1 aliphatic rings. The van der Waals surface area contributed by atoms with E-state index in [2.05, 4.69) is 5.32 Å². The van der Waals surface area contributed by atoms with E-state index in [-0.39, 0.29) is 23.2 Å². The number of aliphatic carboxylic acids is 1. The Morgan fingerprint density at radius 3 is 2.70 bits per heavy atom. The first-order valence-electron chi connectivity index (χ1n) is 6.12. The molecule has 7 heteroatoms. The van der Waals surface area contributed by atoms with Crippen LogP contribution in [-0.2, 0) is 4.79 Å². The number of hydrogen-bond donors (Lipinski definition) is 2. The molecule has 1 aromatic carbocycles. The highest BCUT2D eigenvalue weighted by Crippen LogP contribution is 2.24. The summed E-state index contributed by atoms with van der Waals surface area (Å²) < 4.78 is 13.3. The van der Waals surface area contributed by atoms with Crippen LogP contribution < -0.4 is 5.32 Å². The summed E-state index contributed by atoms with van der Waals surface area (Å²) in [7, 11) is 0. The van der Waals surface area contributed by atoms with E-state index in [9.17, 15) is 14.0 Å². The molecule has 1 saturated heterocycles. The molecule has 2 N–H and O–H groups in total. The molecule has 1 heterocycles. The van der Waals surface area contributed by atoms with Gasteiger partial charge in [0.1, 0.15) is 5.82 Å². The molecule has 108 valence electrons. The van der Waals surface area contributed by atoms with Crippen molar-refractivity contribution in [3.63, 3.8) is 0 Å². The fourth-order valence-electron chi connectivity index (χ4n) is 2.23. The van der Waals surface area contributed by atoms with Crippen LogP contribution in [0.2, 0.25) is 5.02 Å². The lowest BCUT2D eigenvalue weighted by Gasteiger charge is -2.17. The number of amides is 2. The Balaban J connectivity index is 2.02. The van der Waals surface area contributed by atoms with Gasteiger partial charge in [-0.3, -0.25) is 4.79 Å². The summed E-state index contributed by atoms with van der Waals surface area (Å²) in [6.45, 7) is 2.30. The van der Waals surface area contributed by atoms with Crippen LogP contribution in [-0.4, -0.2) is 35.1 Å². The molecule has 0 spiro atoms. The number of likely N-dealkylation sites (tertiary alicyclic amines) is 1. The highest BCUT2D eigenvalue weighted by Gasteiger charge is 2.36. The Hall–Kier alpha value is -1.82. The molecule has 0 aliphatic carbocycles. The largest absolute Gasteiger partial charge is 0.481 e. The summed E-state index contributed by atoms with van der Waals surface area (Å²) in [6, 6.07) is 3.51. The number of halogens is 2. The predicted octanol–water partition coefficient (Wildman–Crippen LogP) is 2.66. The van der Waals surface area contributed by atoms with Gasteiger partial charge in [-0.1, -0.05) is 18.5 Å². The van der Waals surface area contributed by atoms with E-state index >= 15 is 0 Å². The fourth-order valence-corrected chi connectivity index (χ4v) is 2.35. The number of carboxylic acid groups (broad SMARTS) is 1. The van der Waals surface area contributed by atoms with E-state index < -0.39 is 23.7 Å². The third-order valence-electron chi connectivity index (χ3n) is 3.39. The lowest BCUT2D eigenvalue weighted by Crippen LogP contribution is -2.33. The number of anilines is 1. The molecule has 1 aliphatic heterocycles. The molecule has 0 bridgehead atoms. The molecule has 5 nitrogen and oxygen atoms in total. The number of carbonyl (C=O) groups is 2. The van der Waals surface area contributed by atoms with Crippen LogP contribution in [0.25, 0.3) is 0 Å². The van der Waals surface area contributed by atoms with Crippen molar-refractivity contribution in [1.29, 1.82) is 0 Å². The summed E-state index contributed by atoms with van der Waals surface area (Å²) in [4.78, 5) is 24.4. The fraction of sp³-hybridized carbons (Fsp3) is 0.385. The summed E-state index contributed by atoms with van der Waals surface area (Å²) in [6.07, 6.45) is 0. The number of hydrogen-bond acceptors (Lipinski definition) is 2. The first-order valence-corrected chi connectivity index (χ1v) is 6.50. The number of nitrogens with one attached hydrogen (secondary N) is 1. The molecular formula is C13H14ClFN2O3. The third-order valence-corrected chi connectivity index (χ3v) is 3.69. The van der Waals surface area contributed by atoms with Crippen LogP contribution in [0.4, 0.5) is 14.9 Å². The van der Waals surface area contributed by atoms with Crippen LogP contribution in [0.1, 0.15) is 6.92 Å². The lowest BCUT2D eigenvalue weighted by atomic mass is 9.99. The van der Waals surface area contributed by atoms with Crippen LogP contribution in [0.5, 0.6) is 0 Å². The highest BCUT2D eigenvalue weighted by molar-refractivity contribution is 6.30. The minimum absolute atomic E-state index is 0.0243. The number of nitrogens with zero attached hydrogens (tertiary/aromatic N) is 1. The van der Waals surface area contributed by atoms with Gasteiger partial charge in [-0.15, -0.1) is 0 Å². The maximum atomic E-state index is 13.3. The summed E-state index contributed by atoms with van der Waals surface area (Å²) in [5.74, 6) is -2.21. The number of benzene rings is 1. The topological polar surface area (TPSA) is 69.6 Å².